The zero-order valence-electron chi connectivity index (χ0n) is 22.6. The van der Waals surface area contributed by atoms with E-state index in [0.29, 0.717) is 0 Å². The number of hydrogen-bond acceptors (Lipinski definition) is 5. The van der Waals surface area contributed by atoms with Crippen LogP contribution in [0, 0.1) is 0 Å². The van der Waals surface area contributed by atoms with Gasteiger partial charge in [0.1, 0.15) is 11.7 Å². The third-order valence-corrected chi connectivity index (χ3v) is 7.05. The Bertz CT molecular complexity index is 1400. The molecule has 2 aliphatic heterocycles. The molecule has 2 heterocycles. The number of amides is 1. The van der Waals surface area contributed by atoms with Crippen LogP contribution >= 0.6 is 0 Å². The quantitative estimate of drug-likeness (QED) is 0.445. The minimum atomic E-state index is -0.485. The van der Waals surface area contributed by atoms with E-state index in [9.17, 15) is 4.79 Å². The summed E-state index contributed by atoms with van der Waals surface area (Å²) in [6, 6.07) is 18.4. The average Bonchev–Trinajstić information content (AvgIpc) is 3.17. The molecule has 1 N–H and O–H groups in total. The van der Waals surface area contributed by atoms with E-state index in [2.05, 4.69) is 63.3 Å². The van der Waals surface area contributed by atoms with Crippen molar-refractivity contribution in [2.45, 2.75) is 58.3 Å². The second-order valence-electron chi connectivity index (χ2n) is 11.0. The van der Waals surface area contributed by atoms with Crippen LogP contribution in [0.2, 0.25) is 0 Å². The lowest BCUT2D eigenvalue weighted by Gasteiger charge is -2.37. The number of benzene rings is 3. The normalized spacial score (nSPS) is 18.8. The molecule has 0 saturated heterocycles. The van der Waals surface area contributed by atoms with Gasteiger partial charge in [0.05, 0.1) is 18.4 Å². The Hall–Kier alpha value is -3.64. The molecule has 192 valence electrons. The van der Waals surface area contributed by atoms with Crippen LogP contribution < -0.4 is 14.8 Å². The predicted molar refractivity (Wildman–Crippen MR) is 147 cm³/mol. The number of carbonyl (C=O) groups is 1. The molecule has 0 saturated carbocycles. The van der Waals surface area contributed by atoms with E-state index in [0.717, 1.165) is 62.7 Å². The molecule has 0 spiro atoms. The van der Waals surface area contributed by atoms with Crippen LogP contribution in [-0.4, -0.2) is 37.0 Å². The number of hydrogen-bond donors (Lipinski definition) is 1. The van der Waals surface area contributed by atoms with Gasteiger partial charge >= 0.3 is 0 Å². The largest absolute Gasteiger partial charge is 0.493 e. The Kier molecular flexibility index (Phi) is 6.11. The van der Waals surface area contributed by atoms with Crippen molar-refractivity contribution >= 4 is 17.3 Å². The number of fused-ring (bicyclic) bond motifs is 3. The highest BCUT2D eigenvalue weighted by Gasteiger charge is 2.44. The Labute approximate surface area is 218 Å². The van der Waals surface area contributed by atoms with E-state index in [1.165, 1.54) is 6.92 Å². The van der Waals surface area contributed by atoms with E-state index >= 15 is 0 Å². The van der Waals surface area contributed by atoms with Gasteiger partial charge in [-0.25, -0.2) is 0 Å². The third kappa shape index (κ3) is 4.51. The molecule has 0 aliphatic carbocycles. The molecular weight excluding hydrogens is 464 g/mol. The molecule has 3 aromatic carbocycles. The summed E-state index contributed by atoms with van der Waals surface area (Å²) in [6.07, 6.45) is 0.529. The first-order valence-electron chi connectivity index (χ1n) is 12.6. The Morgan fingerprint density at radius 3 is 2.35 bits per heavy atom. The van der Waals surface area contributed by atoms with Gasteiger partial charge < -0.3 is 19.5 Å². The number of nitrogens with zero attached hydrogens (tertiary/aromatic N) is 1. The fraction of sp³-hybridized carbons (Fsp3) is 0.355. The van der Waals surface area contributed by atoms with Gasteiger partial charge in [-0.15, -0.1) is 0 Å². The van der Waals surface area contributed by atoms with E-state index in [4.69, 9.17) is 19.2 Å². The molecule has 1 unspecified atom stereocenters. The van der Waals surface area contributed by atoms with E-state index < -0.39 is 5.54 Å². The first-order valence-corrected chi connectivity index (χ1v) is 12.6. The van der Waals surface area contributed by atoms with Crippen LogP contribution in [-0.2, 0) is 16.0 Å². The molecule has 0 aromatic heterocycles. The number of nitrogens with one attached hydrogen (secondary N) is 1. The lowest BCUT2D eigenvalue weighted by atomic mass is 9.78. The molecule has 6 nitrogen and oxygen atoms in total. The number of methoxy groups -OCH3 is 2. The third-order valence-electron chi connectivity index (χ3n) is 7.05. The van der Waals surface area contributed by atoms with E-state index in [1.54, 1.807) is 14.2 Å². The van der Waals surface area contributed by atoms with E-state index in [1.807, 2.05) is 24.3 Å². The highest BCUT2D eigenvalue weighted by molar-refractivity contribution is 6.16. The maximum Gasteiger partial charge on any atom is 0.221 e. The molecule has 1 amide bonds. The van der Waals surface area contributed by atoms with Crippen LogP contribution in [0.25, 0.3) is 11.1 Å². The van der Waals surface area contributed by atoms with Crippen LogP contribution in [0.15, 0.2) is 59.6 Å². The summed E-state index contributed by atoms with van der Waals surface area (Å²) < 4.78 is 18.2. The molecule has 5 rings (SSSR count). The predicted octanol–water partition coefficient (Wildman–Crippen LogP) is 6.35. The number of carbonyl (C=O) groups excluding carboxylic acids is 1. The molecule has 37 heavy (non-hydrogen) atoms. The van der Waals surface area contributed by atoms with Gasteiger partial charge in [0.2, 0.25) is 5.91 Å². The fourth-order valence-corrected chi connectivity index (χ4v) is 5.57. The van der Waals surface area contributed by atoms with Gasteiger partial charge in [-0.3, -0.25) is 9.79 Å². The molecule has 0 fully saturated rings. The molecule has 6 heteroatoms. The summed E-state index contributed by atoms with van der Waals surface area (Å²) in [5.41, 5.74) is 7.30. The van der Waals surface area contributed by atoms with Crippen molar-refractivity contribution in [3.8, 4) is 22.6 Å². The molecule has 3 aromatic rings. The topological polar surface area (TPSA) is 69.2 Å². The summed E-state index contributed by atoms with van der Waals surface area (Å²) in [5.74, 6) is 1.43. The molecule has 0 radical (unpaired) electrons. The lowest BCUT2D eigenvalue weighted by Crippen LogP contribution is -2.36. The number of anilines is 1. The summed E-state index contributed by atoms with van der Waals surface area (Å²) in [4.78, 5) is 16.7. The van der Waals surface area contributed by atoms with Gasteiger partial charge in [0.15, 0.2) is 11.5 Å². The minimum Gasteiger partial charge on any atom is -0.493 e. The van der Waals surface area contributed by atoms with Gasteiger partial charge in [0.25, 0.3) is 0 Å². The number of aliphatic imine (C=N–C) groups is 1. The van der Waals surface area contributed by atoms with Crippen LogP contribution in [0.3, 0.4) is 0 Å². The zero-order chi connectivity index (χ0) is 26.5. The monoisotopic (exact) mass is 498 g/mol. The number of ether oxygens (including phenoxy) is 3. The molecular formula is C31H34N2O4. The Morgan fingerprint density at radius 2 is 1.70 bits per heavy atom. The lowest BCUT2D eigenvalue weighted by molar-refractivity contribution is -0.114. The summed E-state index contributed by atoms with van der Waals surface area (Å²) in [7, 11) is 3.42. The van der Waals surface area contributed by atoms with E-state index in [-0.39, 0.29) is 17.6 Å². The van der Waals surface area contributed by atoms with Crippen molar-refractivity contribution in [3.05, 3.63) is 76.9 Å². The van der Waals surface area contributed by atoms with Crippen molar-refractivity contribution in [1.82, 2.24) is 0 Å². The highest BCUT2D eigenvalue weighted by atomic mass is 16.5. The van der Waals surface area contributed by atoms with Gasteiger partial charge in [-0.1, -0.05) is 30.3 Å². The molecule has 2 aliphatic rings. The van der Waals surface area contributed by atoms with Crippen LogP contribution in [0.5, 0.6) is 11.5 Å². The van der Waals surface area contributed by atoms with Crippen molar-refractivity contribution in [2.24, 2.45) is 4.99 Å². The van der Waals surface area contributed by atoms with Gasteiger partial charge in [-0.2, -0.15) is 0 Å². The smallest absolute Gasteiger partial charge is 0.221 e. The second kappa shape index (κ2) is 9.03. The van der Waals surface area contributed by atoms with Gasteiger partial charge in [0, 0.05) is 42.8 Å². The first-order chi connectivity index (χ1) is 17.5. The Balaban J connectivity index is 1.66. The van der Waals surface area contributed by atoms with Crippen molar-refractivity contribution in [1.29, 1.82) is 0 Å². The van der Waals surface area contributed by atoms with Crippen LogP contribution in [0.1, 0.15) is 63.0 Å². The fourth-order valence-electron chi connectivity index (χ4n) is 5.57. The molecule has 1 atom stereocenters. The summed E-state index contributed by atoms with van der Waals surface area (Å²) in [6.45, 7) is 9.92. The highest BCUT2D eigenvalue weighted by Crippen LogP contribution is 2.51. The summed E-state index contributed by atoms with van der Waals surface area (Å²) in [5, 5.41) is 2.82. The second-order valence-corrected chi connectivity index (χ2v) is 11.0. The van der Waals surface area contributed by atoms with Crippen molar-refractivity contribution in [2.75, 3.05) is 19.5 Å². The minimum absolute atomic E-state index is 0.0861. The Morgan fingerprint density at radius 1 is 1.00 bits per heavy atom. The summed E-state index contributed by atoms with van der Waals surface area (Å²) >= 11 is 0. The standard InChI is InChI=1S/C31H34N2O4/c1-18(34)32-22-13-11-19(12-14-22)20-9-8-10-21(15-20)27-26-23(29(36-7)31(4,5)33-27)16-25(35-6)28-24(26)17-30(2,3)37-28/h8-16,29H,17H2,1-7H3,(H,32,34). The number of rotatable bonds is 5. The first kappa shape index (κ1) is 25.0. The zero-order valence-corrected chi connectivity index (χ0v) is 22.6. The van der Waals surface area contributed by atoms with Crippen molar-refractivity contribution < 1.29 is 19.0 Å². The van der Waals surface area contributed by atoms with Crippen LogP contribution in [0.4, 0.5) is 5.69 Å². The molecule has 0 bridgehead atoms. The maximum atomic E-state index is 11.4. The maximum absolute atomic E-state index is 11.4. The SMILES string of the molecule is COc1cc2c(c3c1OC(C)(C)C3)C(c1cccc(-c3ccc(NC(C)=O)cc3)c1)=NC(C)(C)C2OC. The average molecular weight is 499 g/mol. The van der Waals surface area contributed by atoms with Gasteiger partial charge in [-0.05, 0) is 68.7 Å². The van der Waals surface area contributed by atoms with Crippen molar-refractivity contribution in [3.63, 3.8) is 0 Å².